The van der Waals surface area contributed by atoms with Crippen molar-refractivity contribution in [1.29, 1.82) is 0 Å². The number of hydrogen-bond acceptors (Lipinski definition) is 4. The fourth-order valence-corrected chi connectivity index (χ4v) is 3.59. The first-order valence-corrected chi connectivity index (χ1v) is 7.06. The van der Waals surface area contributed by atoms with Crippen LogP contribution in [0.25, 0.3) is 0 Å². The zero-order valence-corrected chi connectivity index (χ0v) is 10.2. The Kier molecular flexibility index (Phi) is 4.49. The largest absolute Gasteiger partial charge is 0.481 e. The van der Waals surface area contributed by atoms with Gasteiger partial charge in [0.1, 0.15) is 0 Å². The molecule has 0 radical (unpaired) electrons. The third-order valence-corrected chi connectivity index (χ3v) is 4.42. The Bertz CT molecular complexity index is 243. The zero-order chi connectivity index (χ0) is 11.4. The number of carboxylic acids is 1. The van der Waals surface area contributed by atoms with E-state index in [-0.39, 0.29) is 12.5 Å². The van der Waals surface area contributed by atoms with Gasteiger partial charge in [-0.15, -0.1) is 0 Å². The first-order chi connectivity index (χ1) is 7.75. The van der Waals surface area contributed by atoms with Crippen molar-refractivity contribution in [3.63, 3.8) is 0 Å². The summed E-state index contributed by atoms with van der Waals surface area (Å²) in [5.74, 6) is 1.71. The van der Waals surface area contributed by atoms with Gasteiger partial charge in [0.2, 0.25) is 0 Å². The second-order valence-electron chi connectivity index (χ2n) is 4.46. The molecule has 0 aliphatic carbocycles. The van der Waals surface area contributed by atoms with Crippen molar-refractivity contribution in [3.05, 3.63) is 0 Å². The summed E-state index contributed by atoms with van der Waals surface area (Å²) in [5, 5.41) is 8.76. The van der Waals surface area contributed by atoms with Crippen LogP contribution < -0.4 is 0 Å². The minimum absolute atomic E-state index is 0.113. The molecule has 0 amide bonds. The molecule has 0 spiro atoms. The fraction of sp³-hybridized carbons (Fsp3) is 0.909. The molecule has 2 fully saturated rings. The van der Waals surface area contributed by atoms with E-state index in [1.165, 1.54) is 24.3 Å². The molecule has 2 aliphatic rings. The lowest BCUT2D eigenvalue weighted by Crippen LogP contribution is -2.49. The van der Waals surface area contributed by atoms with E-state index >= 15 is 0 Å². The van der Waals surface area contributed by atoms with E-state index in [9.17, 15) is 4.79 Å². The van der Waals surface area contributed by atoms with Gasteiger partial charge in [0.25, 0.3) is 0 Å². The van der Waals surface area contributed by atoms with Crippen LogP contribution in [0.1, 0.15) is 19.3 Å². The first-order valence-electron chi connectivity index (χ1n) is 5.91. The normalized spacial score (nSPS) is 32.5. The standard InChI is InChI=1S/C11H19NO3S/c13-11(14)6-10-7-12(3-4-15-10)9-2-1-5-16-8-9/h9-10H,1-8H2,(H,13,14). The number of rotatable bonds is 3. The van der Waals surface area contributed by atoms with Crippen LogP contribution in [-0.2, 0) is 9.53 Å². The van der Waals surface area contributed by atoms with Gasteiger partial charge in [-0.25, -0.2) is 0 Å². The van der Waals surface area contributed by atoms with Crippen molar-refractivity contribution in [2.45, 2.75) is 31.4 Å². The van der Waals surface area contributed by atoms with Gasteiger partial charge in [-0.2, -0.15) is 11.8 Å². The summed E-state index contributed by atoms with van der Waals surface area (Å²) in [7, 11) is 0. The van der Waals surface area contributed by atoms with Crippen molar-refractivity contribution < 1.29 is 14.6 Å². The summed E-state index contributed by atoms with van der Waals surface area (Å²) in [5.41, 5.74) is 0. The fourth-order valence-electron chi connectivity index (χ4n) is 2.40. The van der Waals surface area contributed by atoms with E-state index in [4.69, 9.17) is 9.84 Å². The molecule has 16 heavy (non-hydrogen) atoms. The smallest absolute Gasteiger partial charge is 0.306 e. The van der Waals surface area contributed by atoms with Gasteiger partial charge in [0.15, 0.2) is 0 Å². The number of aliphatic carboxylic acids is 1. The van der Waals surface area contributed by atoms with Gasteiger partial charge in [-0.1, -0.05) is 0 Å². The van der Waals surface area contributed by atoms with E-state index < -0.39 is 5.97 Å². The van der Waals surface area contributed by atoms with Crippen LogP contribution in [0, 0.1) is 0 Å². The minimum atomic E-state index is -0.759. The molecule has 2 saturated heterocycles. The topological polar surface area (TPSA) is 49.8 Å². The summed E-state index contributed by atoms with van der Waals surface area (Å²) < 4.78 is 5.48. The van der Waals surface area contributed by atoms with Gasteiger partial charge in [0.05, 0.1) is 19.1 Å². The number of carbonyl (C=O) groups is 1. The maximum atomic E-state index is 10.6. The zero-order valence-electron chi connectivity index (χ0n) is 9.43. The van der Waals surface area contributed by atoms with E-state index in [0.29, 0.717) is 12.6 Å². The van der Waals surface area contributed by atoms with Gasteiger partial charge in [-0.05, 0) is 18.6 Å². The maximum absolute atomic E-state index is 10.6. The summed E-state index contributed by atoms with van der Waals surface area (Å²) in [6.45, 7) is 2.43. The predicted octanol–water partition coefficient (Wildman–Crippen LogP) is 1.06. The van der Waals surface area contributed by atoms with E-state index in [2.05, 4.69) is 4.90 Å². The van der Waals surface area contributed by atoms with Crippen molar-refractivity contribution >= 4 is 17.7 Å². The van der Waals surface area contributed by atoms with Crippen LogP contribution in [-0.4, -0.2) is 59.3 Å². The minimum Gasteiger partial charge on any atom is -0.481 e. The molecule has 0 saturated carbocycles. The van der Waals surface area contributed by atoms with Gasteiger partial charge < -0.3 is 9.84 Å². The highest BCUT2D eigenvalue weighted by Crippen LogP contribution is 2.23. The van der Waals surface area contributed by atoms with Crippen molar-refractivity contribution in [3.8, 4) is 0 Å². The number of carboxylic acid groups (broad SMARTS) is 1. The van der Waals surface area contributed by atoms with Crippen LogP contribution in [0.15, 0.2) is 0 Å². The molecular weight excluding hydrogens is 226 g/mol. The third-order valence-electron chi connectivity index (χ3n) is 3.23. The highest BCUT2D eigenvalue weighted by Gasteiger charge is 2.28. The maximum Gasteiger partial charge on any atom is 0.306 e. The third kappa shape index (κ3) is 3.37. The number of thioether (sulfide) groups is 1. The molecular formula is C11H19NO3S. The van der Waals surface area contributed by atoms with Crippen LogP contribution in [0.3, 0.4) is 0 Å². The number of morpholine rings is 1. The molecule has 2 unspecified atom stereocenters. The number of ether oxygens (including phenoxy) is 1. The molecule has 2 atom stereocenters. The molecule has 0 aromatic heterocycles. The lowest BCUT2D eigenvalue weighted by atomic mass is 10.1. The molecule has 1 N–H and O–H groups in total. The lowest BCUT2D eigenvalue weighted by Gasteiger charge is -2.39. The highest BCUT2D eigenvalue weighted by atomic mass is 32.2. The van der Waals surface area contributed by atoms with Gasteiger partial charge >= 0.3 is 5.97 Å². The summed E-state index contributed by atoms with van der Waals surface area (Å²) >= 11 is 2.01. The average molecular weight is 245 g/mol. The van der Waals surface area contributed by atoms with E-state index in [0.717, 1.165) is 13.1 Å². The summed E-state index contributed by atoms with van der Waals surface area (Å²) in [6.07, 6.45) is 2.57. The molecule has 0 bridgehead atoms. The van der Waals surface area contributed by atoms with Gasteiger partial charge in [-0.3, -0.25) is 9.69 Å². The monoisotopic (exact) mass is 245 g/mol. The van der Waals surface area contributed by atoms with Crippen molar-refractivity contribution in [2.75, 3.05) is 31.2 Å². The quantitative estimate of drug-likeness (QED) is 0.805. The van der Waals surface area contributed by atoms with E-state index in [1.54, 1.807) is 0 Å². The Hall–Kier alpha value is -0.260. The van der Waals surface area contributed by atoms with Crippen LogP contribution in [0.2, 0.25) is 0 Å². The Morgan fingerprint density at radius 3 is 3.12 bits per heavy atom. The predicted molar refractivity (Wildman–Crippen MR) is 63.9 cm³/mol. The number of nitrogens with zero attached hydrogens (tertiary/aromatic N) is 1. The second-order valence-corrected chi connectivity index (χ2v) is 5.61. The molecule has 4 nitrogen and oxygen atoms in total. The Morgan fingerprint density at radius 1 is 1.56 bits per heavy atom. The molecule has 2 aliphatic heterocycles. The highest BCUT2D eigenvalue weighted by molar-refractivity contribution is 7.99. The Balaban J connectivity index is 1.83. The first kappa shape index (κ1) is 12.2. The summed E-state index contributed by atoms with van der Waals surface area (Å²) in [6, 6.07) is 0.638. The van der Waals surface area contributed by atoms with Crippen LogP contribution >= 0.6 is 11.8 Å². The summed E-state index contributed by atoms with van der Waals surface area (Å²) in [4.78, 5) is 13.1. The second kappa shape index (κ2) is 5.89. The van der Waals surface area contributed by atoms with E-state index in [1.807, 2.05) is 11.8 Å². The molecule has 2 rings (SSSR count). The molecule has 2 heterocycles. The molecule has 0 aromatic rings. The average Bonchev–Trinajstić information content (AvgIpc) is 2.30. The Morgan fingerprint density at radius 2 is 2.44 bits per heavy atom. The SMILES string of the molecule is O=C(O)CC1CN(C2CCCSC2)CCO1. The van der Waals surface area contributed by atoms with Gasteiger partial charge in [0, 0.05) is 24.9 Å². The van der Waals surface area contributed by atoms with Crippen LogP contribution in [0.5, 0.6) is 0 Å². The number of hydrogen-bond donors (Lipinski definition) is 1. The lowest BCUT2D eigenvalue weighted by molar-refractivity contribution is -0.142. The van der Waals surface area contributed by atoms with Crippen molar-refractivity contribution in [2.24, 2.45) is 0 Å². The molecule has 0 aromatic carbocycles. The molecule has 5 heteroatoms. The molecule has 92 valence electrons. The van der Waals surface area contributed by atoms with Crippen LogP contribution in [0.4, 0.5) is 0 Å². The van der Waals surface area contributed by atoms with Crippen molar-refractivity contribution in [1.82, 2.24) is 4.90 Å². The Labute approximate surface area is 100 Å².